The number of piperidine rings is 2. The summed E-state index contributed by atoms with van der Waals surface area (Å²) < 4.78 is 0. The summed E-state index contributed by atoms with van der Waals surface area (Å²) in [6.45, 7) is 6.04. The van der Waals surface area contributed by atoms with E-state index in [1.165, 1.54) is 11.1 Å². The Labute approximate surface area is 207 Å². The first-order chi connectivity index (χ1) is 17.0. The SMILES string of the molecule is CC(=O)N1CCC(Nc2ccc(C(=O)N3CCC(N4CCc5ccccc5C4)C(O)C3)cc2)CC1. The third-order valence-electron chi connectivity index (χ3n) is 7.91. The van der Waals surface area contributed by atoms with Crippen molar-refractivity contribution in [2.24, 2.45) is 0 Å². The largest absolute Gasteiger partial charge is 0.390 e. The van der Waals surface area contributed by atoms with Gasteiger partial charge in [0.25, 0.3) is 5.91 Å². The molecule has 0 saturated carbocycles. The van der Waals surface area contributed by atoms with Gasteiger partial charge in [0, 0.05) is 69.5 Å². The molecule has 3 aliphatic heterocycles. The van der Waals surface area contributed by atoms with E-state index < -0.39 is 6.10 Å². The first-order valence-electron chi connectivity index (χ1n) is 12.9. The molecule has 2 N–H and O–H groups in total. The summed E-state index contributed by atoms with van der Waals surface area (Å²) in [6, 6.07) is 16.6. The molecule has 0 aromatic heterocycles. The molecule has 2 aromatic carbocycles. The summed E-state index contributed by atoms with van der Waals surface area (Å²) in [7, 11) is 0. The van der Waals surface area contributed by atoms with Crippen LogP contribution in [0.2, 0.25) is 0 Å². The average molecular weight is 477 g/mol. The second-order valence-electron chi connectivity index (χ2n) is 10.2. The first kappa shape index (κ1) is 23.8. The number of nitrogens with one attached hydrogen (secondary N) is 1. The van der Waals surface area contributed by atoms with E-state index in [4.69, 9.17) is 0 Å². The number of hydrogen-bond donors (Lipinski definition) is 2. The molecule has 2 aromatic rings. The lowest BCUT2D eigenvalue weighted by Gasteiger charge is -2.43. The van der Waals surface area contributed by atoms with Gasteiger partial charge in [-0.3, -0.25) is 14.5 Å². The fraction of sp³-hybridized carbons (Fsp3) is 0.500. The molecule has 186 valence electrons. The lowest BCUT2D eigenvalue weighted by Crippen LogP contribution is -2.56. The standard InChI is InChI=1S/C28H36N4O3/c1-20(33)30-15-11-25(12-16-30)29-24-8-6-22(7-9-24)28(35)32-17-13-26(27(34)19-32)31-14-10-21-4-2-3-5-23(21)18-31/h2-9,25-27,29,34H,10-19H2,1H3. The molecule has 5 rings (SSSR count). The van der Waals surface area contributed by atoms with Crippen LogP contribution >= 0.6 is 0 Å². The van der Waals surface area contributed by atoms with Gasteiger partial charge < -0.3 is 20.2 Å². The molecule has 35 heavy (non-hydrogen) atoms. The fourth-order valence-electron chi connectivity index (χ4n) is 5.80. The smallest absolute Gasteiger partial charge is 0.253 e. The zero-order valence-corrected chi connectivity index (χ0v) is 20.5. The van der Waals surface area contributed by atoms with E-state index >= 15 is 0 Å². The molecule has 3 aliphatic rings. The molecule has 2 atom stereocenters. The molecule has 3 heterocycles. The maximum absolute atomic E-state index is 13.1. The normalized spacial score (nSPS) is 23.6. The van der Waals surface area contributed by atoms with Crippen LogP contribution in [0.1, 0.15) is 47.7 Å². The van der Waals surface area contributed by atoms with Crippen molar-refractivity contribution in [1.82, 2.24) is 14.7 Å². The van der Waals surface area contributed by atoms with E-state index in [1.54, 1.807) is 11.8 Å². The molecule has 0 bridgehead atoms. The van der Waals surface area contributed by atoms with Crippen LogP contribution in [-0.4, -0.2) is 82.5 Å². The highest BCUT2D eigenvalue weighted by Crippen LogP contribution is 2.26. The number of aliphatic hydroxyl groups excluding tert-OH is 1. The highest BCUT2D eigenvalue weighted by Gasteiger charge is 2.35. The van der Waals surface area contributed by atoms with E-state index in [-0.39, 0.29) is 17.9 Å². The van der Waals surface area contributed by atoms with Crippen LogP contribution in [0.25, 0.3) is 0 Å². The summed E-state index contributed by atoms with van der Waals surface area (Å²) >= 11 is 0. The molecule has 2 fully saturated rings. The Balaban J connectivity index is 1.13. The molecule has 2 amide bonds. The topological polar surface area (TPSA) is 76.1 Å². The van der Waals surface area contributed by atoms with Crippen LogP contribution < -0.4 is 5.32 Å². The van der Waals surface area contributed by atoms with Crippen LogP contribution in [0, 0.1) is 0 Å². The van der Waals surface area contributed by atoms with Gasteiger partial charge in [-0.15, -0.1) is 0 Å². The van der Waals surface area contributed by atoms with Crippen molar-refractivity contribution in [3.05, 3.63) is 65.2 Å². The zero-order chi connectivity index (χ0) is 24.4. The van der Waals surface area contributed by atoms with Crippen molar-refractivity contribution in [1.29, 1.82) is 0 Å². The number of carbonyl (C=O) groups is 2. The zero-order valence-electron chi connectivity index (χ0n) is 20.5. The Hall–Kier alpha value is -2.90. The van der Waals surface area contributed by atoms with E-state index in [9.17, 15) is 14.7 Å². The minimum absolute atomic E-state index is 0.0205. The molecule has 0 radical (unpaired) electrons. The number of anilines is 1. The monoisotopic (exact) mass is 476 g/mol. The van der Waals surface area contributed by atoms with Gasteiger partial charge >= 0.3 is 0 Å². The van der Waals surface area contributed by atoms with Gasteiger partial charge in [0.05, 0.1) is 6.10 Å². The number of hydrogen-bond acceptors (Lipinski definition) is 5. The number of amides is 2. The summed E-state index contributed by atoms with van der Waals surface area (Å²) in [5.74, 6) is 0.120. The van der Waals surface area contributed by atoms with Gasteiger partial charge in [0.15, 0.2) is 0 Å². The average Bonchev–Trinajstić information content (AvgIpc) is 2.88. The van der Waals surface area contributed by atoms with Crippen molar-refractivity contribution in [3.63, 3.8) is 0 Å². The number of likely N-dealkylation sites (tertiary alicyclic amines) is 2. The minimum Gasteiger partial charge on any atom is -0.390 e. The van der Waals surface area contributed by atoms with Crippen molar-refractivity contribution >= 4 is 17.5 Å². The maximum Gasteiger partial charge on any atom is 0.253 e. The Kier molecular flexibility index (Phi) is 7.07. The van der Waals surface area contributed by atoms with Gasteiger partial charge in [0.2, 0.25) is 5.91 Å². The van der Waals surface area contributed by atoms with E-state index in [0.29, 0.717) is 24.7 Å². The van der Waals surface area contributed by atoms with Gasteiger partial charge in [-0.05, 0) is 61.1 Å². The number of aliphatic hydroxyl groups is 1. The third kappa shape index (κ3) is 5.36. The predicted molar refractivity (Wildman–Crippen MR) is 136 cm³/mol. The van der Waals surface area contributed by atoms with Crippen LogP contribution in [0.15, 0.2) is 48.5 Å². The molecule has 0 aliphatic carbocycles. The van der Waals surface area contributed by atoms with Crippen LogP contribution in [0.3, 0.4) is 0 Å². The summed E-state index contributed by atoms with van der Waals surface area (Å²) in [5, 5.41) is 14.5. The molecule has 2 saturated heterocycles. The highest BCUT2D eigenvalue weighted by molar-refractivity contribution is 5.94. The number of β-amino-alcohol motifs (C(OH)–C–C–N with tert-alkyl or cyclic N) is 1. The van der Waals surface area contributed by atoms with Crippen molar-refractivity contribution < 1.29 is 14.7 Å². The molecule has 0 spiro atoms. The third-order valence-corrected chi connectivity index (χ3v) is 7.91. The van der Waals surface area contributed by atoms with Crippen LogP contribution in [0.5, 0.6) is 0 Å². The number of nitrogens with zero attached hydrogens (tertiary/aromatic N) is 3. The molecule has 7 nitrogen and oxygen atoms in total. The number of fused-ring (bicyclic) bond motifs is 1. The summed E-state index contributed by atoms with van der Waals surface area (Å²) in [5.41, 5.74) is 4.40. The quantitative estimate of drug-likeness (QED) is 0.710. The first-order valence-corrected chi connectivity index (χ1v) is 12.9. The fourth-order valence-corrected chi connectivity index (χ4v) is 5.80. The van der Waals surface area contributed by atoms with Crippen molar-refractivity contribution in [2.75, 3.05) is 38.0 Å². The molecular weight excluding hydrogens is 440 g/mol. The maximum atomic E-state index is 13.1. The highest BCUT2D eigenvalue weighted by atomic mass is 16.3. The van der Waals surface area contributed by atoms with E-state index in [1.807, 2.05) is 29.2 Å². The Bertz CT molecular complexity index is 1050. The van der Waals surface area contributed by atoms with E-state index in [0.717, 1.165) is 57.5 Å². The Morgan fingerprint density at radius 2 is 1.57 bits per heavy atom. The summed E-state index contributed by atoms with van der Waals surface area (Å²) in [6.07, 6.45) is 3.11. The van der Waals surface area contributed by atoms with Crippen molar-refractivity contribution in [3.8, 4) is 0 Å². The molecule has 2 unspecified atom stereocenters. The van der Waals surface area contributed by atoms with Gasteiger partial charge in [-0.1, -0.05) is 24.3 Å². The molecule has 7 heteroatoms. The minimum atomic E-state index is -0.542. The lowest BCUT2D eigenvalue weighted by atomic mass is 9.94. The number of carbonyl (C=O) groups excluding carboxylic acids is 2. The summed E-state index contributed by atoms with van der Waals surface area (Å²) in [4.78, 5) is 30.7. The predicted octanol–water partition coefficient (Wildman–Crippen LogP) is 2.74. The van der Waals surface area contributed by atoms with Crippen LogP contribution in [-0.2, 0) is 17.8 Å². The second-order valence-corrected chi connectivity index (χ2v) is 10.2. The number of rotatable bonds is 4. The number of benzene rings is 2. The van der Waals surface area contributed by atoms with Gasteiger partial charge in [-0.2, -0.15) is 0 Å². The van der Waals surface area contributed by atoms with Crippen molar-refractivity contribution in [2.45, 2.75) is 57.3 Å². The lowest BCUT2D eigenvalue weighted by molar-refractivity contribution is -0.129. The van der Waals surface area contributed by atoms with E-state index in [2.05, 4.69) is 34.5 Å². The van der Waals surface area contributed by atoms with Gasteiger partial charge in [0.1, 0.15) is 0 Å². The Morgan fingerprint density at radius 1 is 0.886 bits per heavy atom. The molecular formula is C28H36N4O3. The van der Waals surface area contributed by atoms with Crippen LogP contribution in [0.4, 0.5) is 5.69 Å². The van der Waals surface area contributed by atoms with Gasteiger partial charge in [-0.25, -0.2) is 0 Å². The Morgan fingerprint density at radius 3 is 2.26 bits per heavy atom. The second kappa shape index (κ2) is 10.4.